The first-order chi connectivity index (χ1) is 6.59. The van der Waals surface area contributed by atoms with Gasteiger partial charge in [-0.25, -0.2) is 0 Å². The van der Waals surface area contributed by atoms with E-state index >= 15 is 0 Å². The highest BCUT2D eigenvalue weighted by Crippen LogP contribution is 2.37. The molecule has 72 valence electrons. The maximum Gasteiger partial charge on any atom is 0.287 e. The third kappa shape index (κ3) is 1.30. The third-order valence-electron chi connectivity index (χ3n) is 1.82. The molecule has 1 aromatic carbocycles. The van der Waals surface area contributed by atoms with E-state index in [-0.39, 0.29) is 16.5 Å². The van der Waals surface area contributed by atoms with Crippen LogP contribution in [0.3, 0.4) is 0 Å². The summed E-state index contributed by atoms with van der Waals surface area (Å²) in [6.07, 6.45) is 0. The van der Waals surface area contributed by atoms with Gasteiger partial charge in [-0.05, 0) is 12.1 Å². The van der Waals surface area contributed by atoms with Gasteiger partial charge in [-0.1, -0.05) is 11.6 Å². The van der Waals surface area contributed by atoms with E-state index in [1.54, 1.807) is 0 Å². The van der Waals surface area contributed by atoms with Gasteiger partial charge in [-0.3, -0.25) is 10.1 Å². The Hall–Kier alpha value is -1.33. The molecule has 0 saturated carbocycles. The summed E-state index contributed by atoms with van der Waals surface area (Å²) >= 11 is 6.86. The minimum absolute atomic E-state index is 0.0203. The van der Waals surface area contributed by atoms with Gasteiger partial charge < -0.3 is 5.11 Å². The summed E-state index contributed by atoms with van der Waals surface area (Å²) in [5.41, 5.74) is 0.0203. The van der Waals surface area contributed by atoms with Crippen LogP contribution in [-0.2, 0) is 0 Å². The number of halogens is 1. The number of thiophene rings is 1. The molecule has 4 nitrogen and oxygen atoms in total. The van der Waals surface area contributed by atoms with Crippen LogP contribution in [0.5, 0.6) is 5.75 Å². The Kier molecular flexibility index (Phi) is 2.05. The standard InChI is InChI=1S/C8H4ClNO3S/c9-5-1-4-6(10(12)13)3-14-8(4)2-7(5)11/h1-3,11H. The molecule has 2 aromatic rings. The number of fused-ring (bicyclic) bond motifs is 1. The van der Waals surface area contributed by atoms with Crippen LogP contribution in [-0.4, -0.2) is 10.0 Å². The lowest BCUT2D eigenvalue weighted by Crippen LogP contribution is -1.84. The van der Waals surface area contributed by atoms with Crippen LogP contribution in [0.2, 0.25) is 5.02 Å². The van der Waals surface area contributed by atoms with Gasteiger partial charge in [-0.15, -0.1) is 11.3 Å². The molecule has 0 saturated heterocycles. The van der Waals surface area contributed by atoms with Gasteiger partial charge in [0.1, 0.15) is 5.75 Å². The predicted octanol–water partition coefficient (Wildman–Crippen LogP) is 3.17. The number of phenols is 1. The van der Waals surface area contributed by atoms with Gasteiger partial charge in [0.2, 0.25) is 0 Å². The highest BCUT2D eigenvalue weighted by Gasteiger charge is 2.15. The molecule has 0 aliphatic rings. The minimum atomic E-state index is -0.466. The second-order valence-corrected chi connectivity index (χ2v) is 4.00. The lowest BCUT2D eigenvalue weighted by molar-refractivity contribution is -0.382. The molecule has 0 amide bonds. The van der Waals surface area contributed by atoms with Gasteiger partial charge >= 0.3 is 0 Å². The average molecular weight is 230 g/mol. The molecule has 1 N–H and O–H groups in total. The Morgan fingerprint density at radius 3 is 2.86 bits per heavy atom. The smallest absolute Gasteiger partial charge is 0.287 e. The summed E-state index contributed by atoms with van der Waals surface area (Å²) in [4.78, 5) is 10.1. The molecule has 1 aromatic heterocycles. The fourth-order valence-electron chi connectivity index (χ4n) is 1.16. The lowest BCUT2D eigenvalue weighted by atomic mass is 10.2. The monoisotopic (exact) mass is 229 g/mol. The molecule has 0 aliphatic heterocycles. The largest absolute Gasteiger partial charge is 0.506 e. The molecule has 0 bridgehead atoms. The molecule has 1 heterocycles. The Morgan fingerprint density at radius 1 is 1.50 bits per heavy atom. The third-order valence-corrected chi connectivity index (χ3v) is 3.05. The fourth-order valence-corrected chi connectivity index (χ4v) is 2.25. The Morgan fingerprint density at radius 2 is 2.21 bits per heavy atom. The lowest BCUT2D eigenvalue weighted by Gasteiger charge is -1.95. The van der Waals surface area contributed by atoms with E-state index in [2.05, 4.69) is 0 Å². The van der Waals surface area contributed by atoms with Crippen molar-refractivity contribution in [2.45, 2.75) is 0 Å². The fraction of sp³-hybridized carbons (Fsp3) is 0. The Bertz CT molecular complexity index is 523. The molecule has 0 aliphatic carbocycles. The van der Waals surface area contributed by atoms with Crippen molar-refractivity contribution >= 4 is 38.7 Å². The summed E-state index contributed by atoms with van der Waals surface area (Å²) < 4.78 is 0.651. The zero-order valence-corrected chi connectivity index (χ0v) is 8.30. The Balaban J connectivity index is 2.80. The molecule has 0 fully saturated rings. The summed E-state index contributed by atoms with van der Waals surface area (Å²) in [6.45, 7) is 0. The van der Waals surface area contributed by atoms with E-state index in [4.69, 9.17) is 11.6 Å². The van der Waals surface area contributed by atoms with Gasteiger partial charge in [0.15, 0.2) is 0 Å². The first-order valence-corrected chi connectivity index (χ1v) is 4.89. The van der Waals surface area contributed by atoms with Gasteiger partial charge in [0, 0.05) is 4.70 Å². The second kappa shape index (κ2) is 3.11. The summed E-state index contributed by atoms with van der Waals surface area (Å²) in [6, 6.07) is 2.83. The number of nitro groups is 1. The normalized spacial score (nSPS) is 10.6. The first-order valence-electron chi connectivity index (χ1n) is 3.63. The average Bonchev–Trinajstić information content (AvgIpc) is 2.48. The number of hydrogen-bond donors (Lipinski definition) is 1. The summed E-state index contributed by atoms with van der Waals surface area (Å²) in [7, 11) is 0. The van der Waals surface area contributed by atoms with Crippen molar-refractivity contribution < 1.29 is 10.0 Å². The van der Waals surface area contributed by atoms with E-state index < -0.39 is 4.92 Å². The van der Waals surface area contributed by atoms with Crippen molar-refractivity contribution in [1.82, 2.24) is 0 Å². The molecular weight excluding hydrogens is 226 g/mol. The first kappa shape index (κ1) is 9.23. The zero-order valence-electron chi connectivity index (χ0n) is 6.73. The van der Waals surface area contributed by atoms with E-state index in [1.807, 2.05) is 0 Å². The number of aromatic hydroxyl groups is 1. The molecular formula is C8H4ClNO3S. The second-order valence-electron chi connectivity index (χ2n) is 2.68. The number of benzene rings is 1. The maximum absolute atomic E-state index is 10.6. The van der Waals surface area contributed by atoms with Crippen molar-refractivity contribution in [2.24, 2.45) is 0 Å². The quantitative estimate of drug-likeness (QED) is 0.603. The summed E-state index contributed by atoms with van der Waals surface area (Å²) in [5.74, 6) is -0.0593. The SMILES string of the molecule is O=[N+]([O-])c1csc2cc(O)c(Cl)cc12. The van der Waals surface area contributed by atoms with E-state index in [9.17, 15) is 15.2 Å². The van der Waals surface area contributed by atoms with Gasteiger partial charge in [0.25, 0.3) is 5.69 Å². The number of hydrogen-bond acceptors (Lipinski definition) is 4. The van der Waals surface area contributed by atoms with Gasteiger partial charge in [0.05, 0.1) is 20.7 Å². The number of phenolic OH excluding ortho intramolecular Hbond substituents is 1. The van der Waals surface area contributed by atoms with Crippen molar-refractivity contribution in [3.8, 4) is 5.75 Å². The van der Waals surface area contributed by atoms with Crippen molar-refractivity contribution in [3.05, 3.63) is 32.6 Å². The molecule has 0 radical (unpaired) electrons. The van der Waals surface area contributed by atoms with Crippen LogP contribution in [0.15, 0.2) is 17.5 Å². The molecule has 2 rings (SSSR count). The topological polar surface area (TPSA) is 63.4 Å². The van der Waals surface area contributed by atoms with Crippen molar-refractivity contribution in [3.63, 3.8) is 0 Å². The zero-order chi connectivity index (χ0) is 10.3. The highest BCUT2D eigenvalue weighted by molar-refractivity contribution is 7.17. The summed E-state index contributed by atoms with van der Waals surface area (Å²) in [5, 5.41) is 21.9. The van der Waals surface area contributed by atoms with Gasteiger partial charge in [-0.2, -0.15) is 0 Å². The number of rotatable bonds is 1. The molecule has 0 unspecified atom stereocenters. The van der Waals surface area contributed by atoms with Crippen LogP contribution in [0.1, 0.15) is 0 Å². The van der Waals surface area contributed by atoms with Crippen LogP contribution in [0, 0.1) is 10.1 Å². The molecule has 0 atom stereocenters. The molecule has 14 heavy (non-hydrogen) atoms. The van der Waals surface area contributed by atoms with Crippen LogP contribution >= 0.6 is 22.9 Å². The van der Waals surface area contributed by atoms with Crippen LogP contribution in [0.25, 0.3) is 10.1 Å². The Labute approximate surface area is 87.5 Å². The van der Waals surface area contributed by atoms with E-state index in [1.165, 1.54) is 28.8 Å². The van der Waals surface area contributed by atoms with E-state index in [0.717, 1.165) is 0 Å². The molecule has 0 spiro atoms. The maximum atomic E-state index is 10.6. The van der Waals surface area contributed by atoms with Crippen LogP contribution < -0.4 is 0 Å². The molecule has 6 heteroatoms. The van der Waals surface area contributed by atoms with Crippen LogP contribution in [0.4, 0.5) is 5.69 Å². The minimum Gasteiger partial charge on any atom is -0.506 e. The van der Waals surface area contributed by atoms with Crippen molar-refractivity contribution in [2.75, 3.05) is 0 Å². The predicted molar refractivity (Wildman–Crippen MR) is 55.2 cm³/mol. The van der Waals surface area contributed by atoms with E-state index in [0.29, 0.717) is 10.1 Å². The number of nitrogens with zero attached hydrogens (tertiary/aromatic N) is 1. The van der Waals surface area contributed by atoms with Crippen molar-refractivity contribution in [1.29, 1.82) is 0 Å². The highest BCUT2D eigenvalue weighted by atomic mass is 35.5.